The second-order valence-corrected chi connectivity index (χ2v) is 7.68. The highest BCUT2D eigenvalue weighted by atomic mass is 32.2. The topological polar surface area (TPSA) is 82.7 Å². The van der Waals surface area contributed by atoms with Gasteiger partial charge in [-0.3, -0.25) is 0 Å². The predicted octanol–water partition coefficient (Wildman–Crippen LogP) is 1.10. The molecule has 2 heterocycles. The van der Waals surface area contributed by atoms with Crippen LogP contribution in [0.5, 0.6) is 0 Å². The molecule has 0 aliphatic carbocycles. The molecule has 23 heavy (non-hydrogen) atoms. The third-order valence-electron chi connectivity index (χ3n) is 3.32. The van der Waals surface area contributed by atoms with E-state index < -0.39 is 9.84 Å². The van der Waals surface area contributed by atoms with Crippen LogP contribution in [0.1, 0.15) is 11.3 Å². The van der Waals surface area contributed by atoms with Crippen molar-refractivity contribution < 1.29 is 8.42 Å². The van der Waals surface area contributed by atoms with Gasteiger partial charge >= 0.3 is 0 Å². The summed E-state index contributed by atoms with van der Waals surface area (Å²) in [6, 6.07) is 9.84. The van der Waals surface area contributed by atoms with Gasteiger partial charge in [-0.2, -0.15) is 5.10 Å². The Kier molecular flexibility index (Phi) is 4.24. The zero-order chi connectivity index (χ0) is 16.3. The minimum absolute atomic E-state index is 0.0810. The number of hydrogen-bond acceptors (Lipinski definition) is 5. The van der Waals surface area contributed by atoms with E-state index in [1.165, 1.54) is 6.26 Å². The fourth-order valence-corrected chi connectivity index (χ4v) is 2.75. The van der Waals surface area contributed by atoms with Crippen molar-refractivity contribution in [3.8, 4) is 5.69 Å². The number of aryl methyl sites for hydroxylation is 1. The number of benzene rings is 1. The van der Waals surface area contributed by atoms with Crippen LogP contribution in [-0.2, 0) is 22.8 Å². The number of rotatable bonds is 6. The van der Waals surface area contributed by atoms with E-state index in [0.29, 0.717) is 18.7 Å². The summed E-state index contributed by atoms with van der Waals surface area (Å²) in [5.74, 6) is 0.0810. The van der Waals surface area contributed by atoms with Gasteiger partial charge in [0.05, 0.1) is 29.9 Å². The molecule has 0 radical (unpaired) electrons. The molecular weight excluding hydrogens is 314 g/mol. The van der Waals surface area contributed by atoms with Crippen LogP contribution in [0.25, 0.3) is 5.69 Å². The lowest BCUT2D eigenvalue weighted by atomic mass is 10.3. The van der Waals surface area contributed by atoms with Gasteiger partial charge in [0.25, 0.3) is 0 Å². The lowest BCUT2D eigenvalue weighted by Gasteiger charge is -1.99. The highest BCUT2D eigenvalue weighted by Crippen LogP contribution is 2.09. The summed E-state index contributed by atoms with van der Waals surface area (Å²) in [6.07, 6.45) is 7.08. The first-order valence-electron chi connectivity index (χ1n) is 7.15. The van der Waals surface area contributed by atoms with Gasteiger partial charge in [0.1, 0.15) is 9.84 Å². The summed E-state index contributed by atoms with van der Waals surface area (Å²) in [4.78, 5) is 0. The van der Waals surface area contributed by atoms with Crippen molar-refractivity contribution in [1.82, 2.24) is 24.8 Å². The van der Waals surface area contributed by atoms with Crippen molar-refractivity contribution >= 4 is 9.84 Å². The lowest BCUT2D eigenvalue weighted by Crippen LogP contribution is -2.06. The number of hydrogen-bond donors (Lipinski definition) is 0. The van der Waals surface area contributed by atoms with E-state index >= 15 is 0 Å². The molecule has 0 saturated heterocycles. The second kappa shape index (κ2) is 6.33. The van der Waals surface area contributed by atoms with Gasteiger partial charge in [-0.25, -0.2) is 17.8 Å². The molecule has 7 nitrogen and oxygen atoms in total. The smallest absolute Gasteiger partial charge is 0.147 e. The number of aromatic nitrogens is 5. The third-order valence-corrected chi connectivity index (χ3v) is 4.26. The van der Waals surface area contributed by atoms with E-state index in [0.717, 1.165) is 11.3 Å². The molecule has 3 rings (SSSR count). The molecule has 0 spiro atoms. The summed E-state index contributed by atoms with van der Waals surface area (Å²) in [7, 11) is -2.99. The highest BCUT2D eigenvalue weighted by molar-refractivity contribution is 7.90. The molecule has 8 heteroatoms. The minimum Gasteiger partial charge on any atom is -0.248 e. The summed E-state index contributed by atoms with van der Waals surface area (Å²) in [5.41, 5.74) is 2.66. The maximum atomic E-state index is 11.2. The van der Waals surface area contributed by atoms with Gasteiger partial charge in [-0.05, 0) is 12.1 Å². The molecule has 0 aliphatic rings. The maximum absolute atomic E-state index is 11.2. The van der Waals surface area contributed by atoms with E-state index in [2.05, 4.69) is 15.4 Å². The minimum atomic E-state index is -2.99. The quantitative estimate of drug-likeness (QED) is 0.675. The van der Waals surface area contributed by atoms with Crippen molar-refractivity contribution in [3.63, 3.8) is 0 Å². The zero-order valence-corrected chi connectivity index (χ0v) is 13.5. The van der Waals surface area contributed by atoms with E-state index in [9.17, 15) is 8.42 Å². The highest BCUT2D eigenvalue weighted by Gasteiger charge is 2.08. The summed E-state index contributed by atoms with van der Waals surface area (Å²) >= 11 is 0. The van der Waals surface area contributed by atoms with Crippen molar-refractivity contribution in [2.24, 2.45) is 0 Å². The van der Waals surface area contributed by atoms with Crippen LogP contribution in [0, 0.1) is 0 Å². The largest absolute Gasteiger partial charge is 0.248 e. The van der Waals surface area contributed by atoms with Crippen LogP contribution in [0.2, 0.25) is 0 Å². The van der Waals surface area contributed by atoms with Crippen molar-refractivity contribution in [2.75, 3.05) is 12.0 Å². The van der Waals surface area contributed by atoms with Gasteiger partial charge in [-0.15, -0.1) is 5.10 Å². The predicted molar refractivity (Wildman–Crippen MR) is 86.1 cm³/mol. The second-order valence-electron chi connectivity index (χ2n) is 5.42. The number of sulfone groups is 1. The van der Waals surface area contributed by atoms with Crippen molar-refractivity contribution in [1.29, 1.82) is 0 Å². The fraction of sp³-hybridized carbons (Fsp3) is 0.267. The first kappa shape index (κ1) is 15.4. The molecule has 120 valence electrons. The molecule has 1 aromatic carbocycles. The Labute approximate surface area is 134 Å². The van der Waals surface area contributed by atoms with Crippen LogP contribution in [0.4, 0.5) is 0 Å². The van der Waals surface area contributed by atoms with Crippen LogP contribution in [-0.4, -0.2) is 45.2 Å². The summed E-state index contributed by atoms with van der Waals surface area (Å²) < 4.78 is 25.8. The Bertz CT molecular complexity index is 884. The third kappa shape index (κ3) is 4.26. The average molecular weight is 331 g/mol. The lowest BCUT2D eigenvalue weighted by molar-refractivity contribution is 0.600. The fourth-order valence-electron chi connectivity index (χ4n) is 2.17. The molecule has 2 aromatic heterocycles. The van der Waals surface area contributed by atoms with Crippen molar-refractivity contribution in [3.05, 3.63) is 60.2 Å². The Hall–Kier alpha value is -2.48. The number of nitrogens with zero attached hydrogens (tertiary/aromatic N) is 5. The van der Waals surface area contributed by atoms with E-state index in [4.69, 9.17) is 0 Å². The van der Waals surface area contributed by atoms with Gasteiger partial charge in [-0.1, -0.05) is 23.4 Å². The Morgan fingerprint density at radius 2 is 1.91 bits per heavy atom. The Morgan fingerprint density at radius 3 is 2.65 bits per heavy atom. The molecule has 0 fully saturated rings. The SMILES string of the molecule is CS(=O)(=O)CCc1cn(Cc2cnn(-c3ccccc3)c2)nn1. The first-order chi connectivity index (χ1) is 11.0. The van der Waals surface area contributed by atoms with E-state index in [1.807, 2.05) is 36.5 Å². The van der Waals surface area contributed by atoms with Gasteiger partial charge in [0, 0.05) is 30.6 Å². The van der Waals surface area contributed by atoms with Crippen LogP contribution in [0.15, 0.2) is 48.9 Å². The van der Waals surface area contributed by atoms with Crippen molar-refractivity contribution in [2.45, 2.75) is 13.0 Å². The normalized spacial score (nSPS) is 11.7. The van der Waals surface area contributed by atoms with Gasteiger partial charge in [0.15, 0.2) is 0 Å². The van der Waals surface area contributed by atoms with Gasteiger partial charge < -0.3 is 0 Å². The zero-order valence-electron chi connectivity index (χ0n) is 12.7. The maximum Gasteiger partial charge on any atom is 0.147 e. The van der Waals surface area contributed by atoms with Crippen LogP contribution < -0.4 is 0 Å². The average Bonchev–Trinajstić information content (AvgIpc) is 3.15. The Balaban J connectivity index is 1.66. The summed E-state index contributed by atoms with van der Waals surface area (Å²) in [5, 5.41) is 12.4. The monoisotopic (exact) mass is 331 g/mol. The molecule has 0 aliphatic heterocycles. The van der Waals surface area contributed by atoms with Gasteiger partial charge in [0.2, 0.25) is 0 Å². The van der Waals surface area contributed by atoms with Crippen LogP contribution in [0.3, 0.4) is 0 Å². The first-order valence-corrected chi connectivity index (χ1v) is 9.21. The molecule has 3 aromatic rings. The molecule has 0 bridgehead atoms. The number of para-hydroxylation sites is 1. The van der Waals surface area contributed by atoms with E-state index in [1.54, 1.807) is 21.8 Å². The molecular formula is C15H17N5O2S. The summed E-state index contributed by atoms with van der Waals surface area (Å²) in [6.45, 7) is 0.540. The molecule has 0 atom stereocenters. The van der Waals surface area contributed by atoms with Crippen LogP contribution >= 0.6 is 0 Å². The standard InChI is InChI=1S/C15H17N5O2S/c1-23(21,22)8-7-14-12-19(18-17-14)10-13-9-16-20(11-13)15-5-3-2-4-6-15/h2-6,9,11-12H,7-8,10H2,1H3. The Morgan fingerprint density at radius 1 is 1.13 bits per heavy atom. The van der Waals surface area contributed by atoms with E-state index in [-0.39, 0.29) is 5.75 Å². The molecule has 0 unspecified atom stereocenters. The molecule has 0 N–H and O–H groups in total. The molecule has 0 amide bonds. The molecule has 0 saturated carbocycles.